The largest absolute Gasteiger partial charge is 0.466 e. The third-order valence-corrected chi connectivity index (χ3v) is 15.8. The molecule has 0 rings (SSSR count). The number of carbonyl (C=O) groups excluding carboxylic acids is 2. The van der Waals surface area contributed by atoms with Crippen LogP contribution in [0, 0.1) is 0 Å². The number of rotatable bonds is 64. The van der Waals surface area contributed by atoms with Crippen LogP contribution in [0.15, 0.2) is 60.8 Å². The average molecular weight is 1090 g/mol. The number of unbranched alkanes of at least 4 members (excludes halogenated alkanes) is 45. The van der Waals surface area contributed by atoms with Crippen molar-refractivity contribution in [2.24, 2.45) is 0 Å². The summed E-state index contributed by atoms with van der Waals surface area (Å²) in [4.78, 5) is 24.6. The van der Waals surface area contributed by atoms with Crippen LogP contribution < -0.4 is 5.32 Å². The molecule has 0 heterocycles. The van der Waals surface area contributed by atoms with Crippen LogP contribution >= 0.6 is 0 Å². The Kier molecular flexibility index (Phi) is 65.0. The van der Waals surface area contributed by atoms with Crippen molar-refractivity contribution >= 4 is 11.9 Å². The Balaban J connectivity index is 3.41. The van der Waals surface area contributed by atoms with E-state index in [2.05, 4.69) is 67.8 Å². The van der Waals surface area contributed by atoms with E-state index in [0.29, 0.717) is 19.4 Å². The lowest BCUT2D eigenvalue weighted by molar-refractivity contribution is -0.143. The summed E-state index contributed by atoms with van der Waals surface area (Å²) in [5, 5.41) is 23.1. The van der Waals surface area contributed by atoms with E-state index < -0.39 is 12.1 Å². The lowest BCUT2D eigenvalue weighted by atomic mass is 10.0. The second-order valence-electron chi connectivity index (χ2n) is 23.5. The Morgan fingerprint density at radius 1 is 0.359 bits per heavy atom. The van der Waals surface area contributed by atoms with Gasteiger partial charge in [-0.15, -0.1) is 0 Å². The van der Waals surface area contributed by atoms with Crippen LogP contribution in [-0.4, -0.2) is 47.4 Å². The van der Waals surface area contributed by atoms with Gasteiger partial charge in [0.2, 0.25) is 5.91 Å². The SMILES string of the molecule is CCCCC/C=C\C/C=C\CCCCCCCCCCCC(=O)OCCCCCCCCCCC/C=C\C/C=C\CCCCCCCCCCCCCCCC(=O)NC(CO)C(O)/C=C/CCCCCCCCCCCCC. The van der Waals surface area contributed by atoms with Crippen LogP contribution in [-0.2, 0) is 14.3 Å². The molecule has 0 radical (unpaired) electrons. The van der Waals surface area contributed by atoms with Gasteiger partial charge in [-0.2, -0.15) is 0 Å². The Morgan fingerprint density at radius 2 is 0.641 bits per heavy atom. The summed E-state index contributed by atoms with van der Waals surface area (Å²) in [6, 6.07) is -0.629. The lowest BCUT2D eigenvalue weighted by Crippen LogP contribution is -2.45. The minimum Gasteiger partial charge on any atom is -0.466 e. The van der Waals surface area contributed by atoms with Gasteiger partial charge in [0.05, 0.1) is 25.4 Å². The van der Waals surface area contributed by atoms with Crippen molar-refractivity contribution < 1.29 is 24.5 Å². The fraction of sp³-hybridized carbons (Fsp3) is 0.833. The maximum absolute atomic E-state index is 12.5. The van der Waals surface area contributed by atoms with Gasteiger partial charge in [-0.25, -0.2) is 0 Å². The van der Waals surface area contributed by atoms with Crippen LogP contribution in [0.5, 0.6) is 0 Å². The fourth-order valence-corrected chi connectivity index (χ4v) is 10.5. The molecular weight excluding hydrogens is 959 g/mol. The van der Waals surface area contributed by atoms with E-state index in [-0.39, 0.29) is 18.5 Å². The monoisotopic (exact) mass is 1090 g/mol. The predicted octanol–water partition coefficient (Wildman–Crippen LogP) is 22.3. The molecule has 0 aromatic heterocycles. The number of esters is 1. The van der Waals surface area contributed by atoms with E-state index in [0.717, 1.165) is 57.8 Å². The van der Waals surface area contributed by atoms with Crippen molar-refractivity contribution in [1.29, 1.82) is 0 Å². The molecule has 0 saturated heterocycles. The summed E-state index contributed by atoms with van der Waals surface area (Å²) in [5.41, 5.74) is 0. The van der Waals surface area contributed by atoms with Gasteiger partial charge in [-0.3, -0.25) is 9.59 Å². The first-order valence-electron chi connectivity index (χ1n) is 34.6. The van der Waals surface area contributed by atoms with Crippen molar-refractivity contribution in [2.45, 2.75) is 373 Å². The Bertz CT molecular complexity index is 1350. The molecule has 0 aliphatic rings. The molecule has 3 N–H and O–H groups in total. The molecule has 456 valence electrons. The first kappa shape index (κ1) is 75.6. The highest BCUT2D eigenvalue weighted by Gasteiger charge is 2.18. The molecule has 1 amide bonds. The average Bonchev–Trinajstić information content (AvgIpc) is 3.44. The Hall–Kier alpha value is -2.44. The van der Waals surface area contributed by atoms with Gasteiger partial charge in [0.1, 0.15) is 0 Å². The molecule has 0 saturated carbocycles. The number of ether oxygens (including phenoxy) is 1. The highest BCUT2D eigenvalue weighted by atomic mass is 16.5. The molecule has 0 fully saturated rings. The molecule has 2 atom stereocenters. The van der Waals surface area contributed by atoms with Gasteiger partial charge in [0.15, 0.2) is 0 Å². The highest BCUT2D eigenvalue weighted by Crippen LogP contribution is 2.17. The normalized spacial score (nSPS) is 12.9. The number of aliphatic hydroxyl groups is 2. The molecule has 0 aliphatic carbocycles. The van der Waals surface area contributed by atoms with Crippen molar-refractivity contribution in [3.05, 3.63) is 60.8 Å². The third-order valence-electron chi connectivity index (χ3n) is 15.8. The maximum Gasteiger partial charge on any atom is 0.305 e. The number of aliphatic hydroxyl groups excluding tert-OH is 2. The lowest BCUT2D eigenvalue weighted by Gasteiger charge is -2.20. The molecule has 0 aromatic rings. The van der Waals surface area contributed by atoms with Gasteiger partial charge in [0.25, 0.3) is 0 Å². The molecule has 6 heteroatoms. The second kappa shape index (κ2) is 67.1. The summed E-state index contributed by atoms with van der Waals surface area (Å²) < 4.78 is 5.50. The molecule has 6 nitrogen and oxygen atoms in total. The molecule has 0 aromatic carbocycles. The van der Waals surface area contributed by atoms with E-state index in [1.807, 2.05) is 6.08 Å². The van der Waals surface area contributed by atoms with Crippen molar-refractivity contribution in [3.8, 4) is 0 Å². The molecule has 0 bridgehead atoms. The van der Waals surface area contributed by atoms with Gasteiger partial charge >= 0.3 is 5.97 Å². The van der Waals surface area contributed by atoms with Crippen LogP contribution in [0.3, 0.4) is 0 Å². The Morgan fingerprint density at radius 3 is 1.00 bits per heavy atom. The molecular formula is C72H133NO5. The van der Waals surface area contributed by atoms with Gasteiger partial charge in [0, 0.05) is 12.8 Å². The molecule has 0 aliphatic heterocycles. The fourth-order valence-electron chi connectivity index (χ4n) is 10.5. The van der Waals surface area contributed by atoms with Gasteiger partial charge < -0.3 is 20.3 Å². The number of allylic oxidation sites excluding steroid dienone is 9. The zero-order chi connectivity index (χ0) is 56.4. The van der Waals surface area contributed by atoms with E-state index in [9.17, 15) is 19.8 Å². The first-order valence-corrected chi connectivity index (χ1v) is 34.6. The van der Waals surface area contributed by atoms with E-state index in [1.165, 1.54) is 276 Å². The number of amides is 1. The number of nitrogens with one attached hydrogen (secondary N) is 1. The highest BCUT2D eigenvalue weighted by molar-refractivity contribution is 5.76. The summed E-state index contributed by atoms with van der Waals surface area (Å²) >= 11 is 0. The first-order chi connectivity index (χ1) is 38.5. The molecule has 2 unspecified atom stereocenters. The molecule has 0 spiro atoms. The minimum atomic E-state index is -0.845. The second-order valence-corrected chi connectivity index (χ2v) is 23.5. The van der Waals surface area contributed by atoms with E-state index in [4.69, 9.17) is 4.74 Å². The smallest absolute Gasteiger partial charge is 0.305 e. The Labute approximate surface area is 486 Å². The van der Waals surface area contributed by atoms with Crippen LogP contribution in [0.1, 0.15) is 361 Å². The van der Waals surface area contributed by atoms with Crippen molar-refractivity contribution in [2.75, 3.05) is 13.2 Å². The van der Waals surface area contributed by atoms with Crippen molar-refractivity contribution in [1.82, 2.24) is 5.32 Å². The van der Waals surface area contributed by atoms with Crippen molar-refractivity contribution in [3.63, 3.8) is 0 Å². The third kappa shape index (κ3) is 62.8. The van der Waals surface area contributed by atoms with Crippen LogP contribution in [0.4, 0.5) is 0 Å². The van der Waals surface area contributed by atoms with Gasteiger partial charge in [-0.05, 0) is 96.3 Å². The minimum absolute atomic E-state index is 0.00765. The quantitative estimate of drug-likeness (QED) is 0.0320. The topological polar surface area (TPSA) is 95.9 Å². The van der Waals surface area contributed by atoms with E-state index >= 15 is 0 Å². The number of hydrogen-bond donors (Lipinski definition) is 3. The molecule has 78 heavy (non-hydrogen) atoms. The summed E-state index contributed by atoms with van der Waals surface area (Å²) in [6.45, 7) is 4.88. The summed E-state index contributed by atoms with van der Waals surface area (Å²) in [7, 11) is 0. The standard InChI is InChI=1S/C72H133NO5/c1-3-5-7-9-11-13-15-17-18-19-31-35-38-42-46-50-54-58-62-66-72(77)78-67-63-59-55-51-47-43-39-36-33-30-28-26-24-22-20-21-23-25-27-29-32-34-37-41-45-49-53-57-61-65-71(76)73-69(68-74)70(75)64-60-56-52-48-44-40-16-14-12-10-8-6-4-2/h11,13,17-18,20,22,26,28,60,64,69-70,74-75H,3-10,12,14-16,19,21,23-25,27,29-59,61-63,65-68H2,1-2H3,(H,73,76)/b13-11-,18-17-,22-20-,28-26-,64-60+. The predicted molar refractivity (Wildman–Crippen MR) is 342 cm³/mol. The van der Waals surface area contributed by atoms with Gasteiger partial charge in [-0.1, -0.05) is 312 Å². The number of carbonyl (C=O) groups is 2. The van der Waals surface area contributed by atoms with E-state index in [1.54, 1.807) is 6.08 Å². The maximum atomic E-state index is 12.5. The van der Waals surface area contributed by atoms with Crippen LogP contribution in [0.25, 0.3) is 0 Å². The summed E-state index contributed by atoms with van der Waals surface area (Å²) in [6.07, 6.45) is 88.6. The number of hydrogen-bond acceptors (Lipinski definition) is 5. The van der Waals surface area contributed by atoms with Crippen LogP contribution in [0.2, 0.25) is 0 Å². The zero-order valence-corrected chi connectivity index (χ0v) is 52.1. The zero-order valence-electron chi connectivity index (χ0n) is 52.1. The summed E-state index contributed by atoms with van der Waals surface area (Å²) in [5.74, 6) is -0.0612.